The van der Waals surface area contributed by atoms with E-state index < -0.39 is 10.7 Å². The summed E-state index contributed by atoms with van der Waals surface area (Å²) in [7, 11) is 1.82. The maximum Gasteiger partial charge on any atom is 0.0970 e. The lowest BCUT2D eigenvalue weighted by atomic mass is 9.94. The zero-order valence-corrected chi connectivity index (χ0v) is 9.24. The second kappa shape index (κ2) is 4.58. The van der Waals surface area contributed by atoms with Crippen molar-refractivity contribution in [3.63, 3.8) is 0 Å². The average Bonchev–Trinajstić information content (AvgIpc) is 1.55. The molecule has 0 heterocycles. The van der Waals surface area contributed by atoms with Gasteiger partial charge in [-0.05, 0) is 36.9 Å². The molecule has 0 aromatic rings. The van der Waals surface area contributed by atoms with Gasteiger partial charge in [0, 0.05) is 0 Å². The second-order valence-corrected chi connectivity index (χ2v) is 5.43. The van der Waals surface area contributed by atoms with Crippen LogP contribution < -0.4 is 0 Å². The lowest BCUT2D eigenvalue weighted by Crippen LogP contribution is -2.39. The Morgan fingerprint density at radius 3 is 1.33 bits per heavy atom. The van der Waals surface area contributed by atoms with Gasteiger partial charge in [-0.1, -0.05) is 0 Å². The minimum Gasteiger partial charge on any atom is -0.386 e. The molecule has 74 valence electrons. The van der Waals surface area contributed by atoms with E-state index in [1.807, 2.05) is 36.9 Å². The van der Waals surface area contributed by atoms with E-state index >= 15 is 0 Å². The number of aliphatic hydroxyl groups is 1. The van der Waals surface area contributed by atoms with Crippen molar-refractivity contribution in [3.05, 3.63) is 15.3 Å². The van der Waals surface area contributed by atoms with E-state index in [9.17, 15) is 5.11 Å². The van der Waals surface area contributed by atoms with E-state index in [1.54, 1.807) is 0 Å². The molecule has 0 aromatic carbocycles. The fourth-order valence-corrected chi connectivity index (χ4v) is 0. The highest BCUT2D eigenvalue weighted by atomic mass is 31.0. The van der Waals surface area contributed by atoms with Gasteiger partial charge in [0.2, 0.25) is 0 Å². The summed E-state index contributed by atoms with van der Waals surface area (Å²) in [5.41, 5.74) is -0.550. The van der Waals surface area contributed by atoms with Crippen molar-refractivity contribution in [1.82, 2.24) is 0 Å². The first-order chi connectivity index (χ1) is 4.98. The summed E-state index contributed by atoms with van der Waals surface area (Å²) in [4.78, 5) is 8.25. The van der Waals surface area contributed by atoms with Crippen molar-refractivity contribution in [3.8, 4) is 0 Å². The number of rotatable bonds is 1. The van der Waals surface area contributed by atoms with Gasteiger partial charge in [-0.25, -0.2) is 0 Å². The van der Waals surface area contributed by atoms with Crippen molar-refractivity contribution < 1.29 is 10.2 Å². The third kappa shape index (κ3) is 9.59. The van der Waals surface area contributed by atoms with Crippen LogP contribution in [0.5, 0.6) is 0 Å². The molecule has 12 heavy (non-hydrogen) atoms. The molecule has 0 spiro atoms. The molecule has 0 aromatic heterocycles. The zero-order valence-electron chi connectivity index (χ0n) is 7.83. The van der Waals surface area contributed by atoms with Crippen LogP contribution in [-0.4, -0.2) is 21.0 Å². The van der Waals surface area contributed by atoms with Gasteiger partial charge in [0.1, 0.15) is 0 Å². The van der Waals surface area contributed by atoms with Crippen molar-refractivity contribution in [2.75, 3.05) is 0 Å². The van der Waals surface area contributed by atoms with E-state index in [2.05, 4.69) is 0 Å². The van der Waals surface area contributed by atoms with E-state index in [1.165, 1.54) is 0 Å². The molecule has 0 rings (SSSR count). The predicted molar refractivity (Wildman–Crippen MR) is 51.8 cm³/mol. The Balaban J connectivity index is 0. The maximum atomic E-state index is 9.36. The number of nitrogens with zero attached hydrogens (tertiary/aromatic N) is 1. The van der Waals surface area contributed by atoms with Crippen LogP contribution in [-0.2, 0) is 0 Å². The number of hydrogen-bond acceptors (Lipinski definition) is 4. The highest BCUT2D eigenvalue weighted by Crippen LogP contribution is 2.29. The Morgan fingerprint density at radius 1 is 1.25 bits per heavy atom. The quantitative estimate of drug-likeness (QED) is 0.384. The van der Waals surface area contributed by atoms with Crippen LogP contribution in [0.15, 0.2) is 0 Å². The van der Waals surface area contributed by atoms with Crippen LogP contribution in [0, 0.1) is 15.3 Å². The molecule has 0 radical (unpaired) electrons. The molecule has 0 fully saturated rings. The van der Waals surface area contributed by atoms with Crippen molar-refractivity contribution >= 4 is 9.24 Å². The molecule has 0 bridgehead atoms. The van der Waals surface area contributed by atoms with Crippen LogP contribution in [0.3, 0.4) is 0 Å². The Hall–Kier alpha value is -0.410. The van der Waals surface area contributed by atoms with Crippen molar-refractivity contribution in [2.45, 2.75) is 38.5 Å². The standard InChI is InChI=1S/C6H15OP.NO3/c1-5(2,7)6(3,4)8;2-1(3)4/h7H,8H2,1-4H3;/q;-1/p+1. The summed E-state index contributed by atoms with van der Waals surface area (Å²) < 4.78 is 0. The average molecular weight is 197 g/mol. The molecule has 0 aliphatic rings. The van der Waals surface area contributed by atoms with E-state index in [0.29, 0.717) is 0 Å². The number of hydrogen-bond donors (Lipinski definition) is 1. The zero-order chi connectivity index (χ0) is 10.6. The van der Waals surface area contributed by atoms with Gasteiger partial charge in [-0.2, -0.15) is 0 Å². The molecule has 6 heteroatoms. The summed E-state index contributed by atoms with van der Waals surface area (Å²) in [6.07, 6.45) is 0. The largest absolute Gasteiger partial charge is 0.386 e. The Kier molecular flexibility index (Phi) is 5.39. The Morgan fingerprint density at radius 2 is 1.33 bits per heavy atom. The third-order valence-corrected chi connectivity index (χ3v) is 2.52. The first-order valence-corrected chi connectivity index (χ1v) is 4.08. The van der Waals surface area contributed by atoms with Crippen molar-refractivity contribution in [1.29, 1.82) is 0 Å². The molecule has 0 saturated heterocycles. The molecular formula is C6H16NO4P. The molecule has 0 aliphatic heterocycles. The molecular weight excluding hydrogens is 181 g/mol. The van der Waals surface area contributed by atoms with Gasteiger partial charge in [0.25, 0.3) is 0 Å². The predicted octanol–water partition coefficient (Wildman–Crippen LogP) is 0.904. The van der Waals surface area contributed by atoms with Crippen LogP contribution in [0.1, 0.15) is 27.7 Å². The highest BCUT2D eigenvalue weighted by Gasteiger charge is 2.34. The summed E-state index contributed by atoms with van der Waals surface area (Å²) >= 11 is 0. The first kappa shape index (κ1) is 14.1. The van der Waals surface area contributed by atoms with Crippen molar-refractivity contribution in [2.24, 2.45) is 0 Å². The van der Waals surface area contributed by atoms with Gasteiger partial charge in [0.05, 0.1) is 15.8 Å². The fraction of sp³-hybridized carbons (Fsp3) is 1.00. The van der Waals surface area contributed by atoms with E-state index in [4.69, 9.17) is 15.3 Å². The summed E-state index contributed by atoms with van der Waals surface area (Å²) in [5, 5.41) is 24.1. The van der Waals surface area contributed by atoms with Gasteiger partial charge >= 0.3 is 0 Å². The molecule has 5 nitrogen and oxygen atoms in total. The lowest BCUT2D eigenvalue weighted by molar-refractivity contribution is -0.402. The minimum atomic E-state index is -1.75. The molecule has 1 N–H and O–H groups in total. The van der Waals surface area contributed by atoms with Gasteiger partial charge in [-0.15, -0.1) is 0 Å². The SMILES string of the molecule is CC(C)(O)C(C)(C)[PH3+].O=[N+]([O-])[O-]. The molecule has 1 atom stereocenters. The Bertz CT molecular complexity index is 131. The second-order valence-electron chi connectivity index (χ2n) is 3.67. The Labute approximate surface area is 74.1 Å². The van der Waals surface area contributed by atoms with Crippen LogP contribution >= 0.6 is 9.24 Å². The fourth-order valence-electron chi connectivity index (χ4n) is 0. The minimum absolute atomic E-state index is 0.0208. The summed E-state index contributed by atoms with van der Waals surface area (Å²) in [5.74, 6) is 0. The van der Waals surface area contributed by atoms with E-state index in [0.717, 1.165) is 0 Å². The summed E-state index contributed by atoms with van der Waals surface area (Å²) in [6.45, 7) is 7.73. The van der Waals surface area contributed by atoms with E-state index in [-0.39, 0.29) is 5.16 Å². The normalized spacial score (nSPS) is 11.8. The third-order valence-electron chi connectivity index (χ3n) is 1.66. The molecule has 1 unspecified atom stereocenters. The highest BCUT2D eigenvalue weighted by molar-refractivity contribution is 7.19. The summed E-state index contributed by atoms with van der Waals surface area (Å²) in [6, 6.07) is 0. The molecule has 0 aliphatic carbocycles. The molecule has 0 amide bonds. The van der Waals surface area contributed by atoms with Gasteiger partial charge < -0.3 is 20.4 Å². The van der Waals surface area contributed by atoms with Crippen LogP contribution in [0.25, 0.3) is 0 Å². The monoisotopic (exact) mass is 197 g/mol. The lowest BCUT2D eigenvalue weighted by Gasteiger charge is -2.28. The molecule has 0 saturated carbocycles. The maximum absolute atomic E-state index is 9.36. The first-order valence-electron chi connectivity index (χ1n) is 3.37. The van der Waals surface area contributed by atoms with Crippen LogP contribution in [0.2, 0.25) is 0 Å². The van der Waals surface area contributed by atoms with Gasteiger partial charge in [0.15, 0.2) is 0 Å². The smallest absolute Gasteiger partial charge is 0.0970 e. The van der Waals surface area contributed by atoms with Crippen LogP contribution in [0.4, 0.5) is 0 Å². The topological polar surface area (TPSA) is 86.4 Å². The van der Waals surface area contributed by atoms with Gasteiger partial charge in [-0.3, -0.25) is 0 Å².